The second-order valence-electron chi connectivity index (χ2n) is 4.83. The maximum absolute atomic E-state index is 12.0. The van der Waals surface area contributed by atoms with Crippen LogP contribution in [0.4, 0.5) is 5.69 Å². The van der Waals surface area contributed by atoms with Crippen LogP contribution in [0.25, 0.3) is 0 Å². The zero-order valence-corrected chi connectivity index (χ0v) is 13.1. The molecule has 0 unspecified atom stereocenters. The first-order valence-corrected chi connectivity index (χ1v) is 7.16. The quantitative estimate of drug-likeness (QED) is 0.290. The third-order valence-electron chi connectivity index (χ3n) is 3.28. The average Bonchev–Trinajstić information content (AvgIpc) is 2.56. The molecule has 2 aromatic carbocycles. The fourth-order valence-electron chi connectivity index (χ4n) is 1.98. The maximum atomic E-state index is 12.0. The van der Waals surface area contributed by atoms with E-state index in [1.54, 1.807) is 42.5 Å². The number of amidine groups is 1. The lowest BCUT2D eigenvalue weighted by molar-refractivity contribution is 0.0516. The monoisotopic (exact) mass is 313 g/mol. The molecule has 0 aliphatic carbocycles. The molecule has 2 aromatic rings. The van der Waals surface area contributed by atoms with E-state index in [1.165, 1.54) is 0 Å². The standard InChI is InChI=1S/C17H19N3O3/c1-3-22-13-9-7-12(8-10-13)17(21)23-20-16(19)14-5-4-6-15(18)11(14)2/h4-10H,3,18H2,1-2H3,(H2,19,20). The second kappa shape index (κ2) is 7.31. The molecule has 23 heavy (non-hydrogen) atoms. The van der Waals surface area contributed by atoms with E-state index in [1.807, 2.05) is 13.8 Å². The van der Waals surface area contributed by atoms with Crippen molar-refractivity contribution >= 4 is 17.5 Å². The number of anilines is 1. The number of nitrogen functional groups attached to an aromatic ring is 1. The van der Waals surface area contributed by atoms with Crippen LogP contribution in [0, 0.1) is 6.92 Å². The van der Waals surface area contributed by atoms with Gasteiger partial charge < -0.3 is 21.0 Å². The van der Waals surface area contributed by atoms with Gasteiger partial charge in [0, 0.05) is 11.3 Å². The van der Waals surface area contributed by atoms with Crippen LogP contribution < -0.4 is 16.2 Å². The van der Waals surface area contributed by atoms with Crippen molar-refractivity contribution in [2.24, 2.45) is 10.9 Å². The van der Waals surface area contributed by atoms with Gasteiger partial charge in [0.05, 0.1) is 12.2 Å². The van der Waals surface area contributed by atoms with Crippen molar-refractivity contribution in [2.75, 3.05) is 12.3 Å². The lowest BCUT2D eigenvalue weighted by atomic mass is 10.1. The lowest BCUT2D eigenvalue weighted by Crippen LogP contribution is -2.17. The van der Waals surface area contributed by atoms with E-state index in [0.717, 1.165) is 5.56 Å². The molecular formula is C17H19N3O3. The van der Waals surface area contributed by atoms with Crippen molar-refractivity contribution in [3.05, 3.63) is 59.2 Å². The van der Waals surface area contributed by atoms with Crippen LogP contribution in [0.1, 0.15) is 28.4 Å². The summed E-state index contributed by atoms with van der Waals surface area (Å²) in [7, 11) is 0. The Kier molecular flexibility index (Phi) is 5.19. The summed E-state index contributed by atoms with van der Waals surface area (Å²) in [5.41, 5.74) is 14.0. The van der Waals surface area contributed by atoms with E-state index in [9.17, 15) is 4.79 Å². The number of carbonyl (C=O) groups is 1. The highest BCUT2D eigenvalue weighted by molar-refractivity contribution is 6.00. The molecule has 0 fully saturated rings. The number of ether oxygens (including phenoxy) is 1. The molecule has 0 radical (unpaired) electrons. The Morgan fingerprint density at radius 3 is 2.52 bits per heavy atom. The minimum Gasteiger partial charge on any atom is -0.494 e. The van der Waals surface area contributed by atoms with Crippen LogP contribution >= 0.6 is 0 Å². The number of carbonyl (C=O) groups excluding carboxylic acids is 1. The van der Waals surface area contributed by atoms with Gasteiger partial charge in [-0.25, -0.2) is 4.79 Å². The molecule has 0 amide bonds. The van der Waals surface area contributed by atoms with Crippen molar-refractivity contribution in [1.29, 1.82) is 0 Å². The predicted molar refractivity (Wildman–Crippen MR) is 89.3 cm³/mol. The van der Waals surface area contributed by atoms with Gasteiger partial charge in [-0.2, -0.15) is 0 Å². The van der Waals surface area contributed by atoms with E-state index >= 15 is 0 Å². The first-order chi connectivity index (χ1) is 11.0. The van der Waals surface area contributed by atoms with Gasteiger partial charge in [0.25, 0.3) is 0 Å². The fraction of sp³-hybridized carbons (Fsp3) is 0.176. The molecule has 6 heteroatoms. The van der Waals surface area contributed by atoms with E-state index in [-0.39, 0.29) is 5.84 Å². The summed E-state index contributed by atoms with van der Waals surface area (Å²) in [5.74, 6) is 0.175. The number of hydrogen-bond acceptors (Lipinski definition) is 5. The van der Waals surface area contributed by atoms with Gasteiger partial charge in [0.1, 0.15) is 5.75 Å². The molecule has 2 rings (SSSR count). The van der Waals surface area contributed by atoms with Crippen LogP contribution in [0.2, 0.25) is 0 Å². The first kappa shape index (κ1) is 16.4. The van der Waals surface area contributed by atoms with E-state index in [0.29, 0.717) is 29.2 Å². The predicted octanol–water partition coefficient (Wildman–Crippen LogP) is 2.45. The second-order valence-corrected chi connectivity index (χ2v) is 4.83. The highest BCUT2D eigenvalue weighted by Gasteiger charge is 2.10. The molecule has 0 aromatic heterocycles. The minimum absolute atomic E-state index is 0.0917. The Morgan fingerprint density at radius 1 is 1.17 bits per heavy atom. The van der Waals surface area contributed by atoms with Gasteiger partial charge in [0.15, 0.2) is 5.84 Å². The van der Waals surface area contributed by atoms with Gasteiger partial charge >= 0.3 is 5.97 Å². The van der Waals surface area contributed by atoms with Crippen molar-refractivity contribution in [3.8, 4) is 5.75 Å². The van der Waals surface area contributed by atoms with Gasteiger partial charge in [-0.3, -0.25) is 0 Å². The van der Waals surface area contributed by atoms with Crippen LogP contribution in [0.5, 0.6) is 5.75 Å². The third-order valence-corrected chi connectivity index (χ3v) is 3.28. The molecule has 0 heterocycles. The Balaban J connectivity index is 2.09. The molecule has 0 saturated heterocycles. The summed E-state index contributed by atoms with van der Waals surface area (Å²) in [6.45, 7) is 4.27. The highest BCUT2D eigenvalue weighted by Crippen LogP contribution is 2.16. The van der Waals surface area contributed by atoms with Crippen LogP contribution in [-0.4, -0.2) is 18.4 Å². The third kappa shape index (κ3) is 4.00. The Hall–Kier alpha value is -3.02. The fourth-order valence-corrected chi connectivity index (χ4v) is 1.98. The highest BCUT2D eigenvalue weighted by atomic mass is 16.7. The van der Waals surface area contributed by atoms with Gasteiger partial charge in [-0.1, -0.05) is 17.3 Å². The van der Waals surface area contributed by atoms with Crippen molar-refractivity contribution < 1.29 is 14.4 Å². The van der Waals surface area contributed by atoms with Crippen molar-refractivity contribution in [3.63, 3.8) is 0 Å². The molecular weight excluding hydrogens is 294 g/mol. The zero-order valence-electron chi connectivity index (χ0n) is 13.1. The SMILES string of the molecule is CCOc1ccc(C(=O)O/N=C(\N)c2cccc(N)c2C)cc1. The molecule has 0 atom stereocenters. The molecule has 0 spiro atoms. The molecule has 0 aliphatic rings. The van der Waals surface area contributed by atoms with Crippen LogP contribution in [0.15, 0.2) is 47.6 Å². The zero-order chi connectivity index (χ0) is 16.8. The van der Waals surface area contributed by atoms with E-state index in [2.05, 4.69) is 5.16 Å². The minimum atomic E-state index is -0.599. The molecule has 4 N–H and O–H groups in total. The largest absolute Gasteiger partial charge is 0.494 e. The van der Waals surface area contributed by atoms with Crippen molar-refractivity contribution in [1.82, 2.24) is 0 Å². The Bertz CT molecular complexity index is 724. The number of nitrogens with two attached hydrogens (primary N) is 2. The molecule has 6 nitrogen and oxygen atoms in total. The van der Waals surface area contributed by atoms with E-state index in [4.69, 9.17) is 21.0 Å². The maximum Gasteiger partial charge on any atom is 0.365 e. The van der Waals surface area contributed by atoms with Crippen molar-refractivity contribution in [2.45, 2.75) is 13.8 Å². The van der Waals surface area contributed by atoms with Crippen LogP contribution in [0.3, 0.4) is 0 Å². The van der Waals surface area contributed by atoms with Crippen LogP contribution in [-0.2, 0) is 4.84 Å². The number of oxime groups is 1. The average molecular weight is 313 g/mol. The normalized spacial score (nSPS) is 11.1. The number of benzene rings is 2. The topological polar surface area (TPSA) is 99.9 Å². The number of nitrogens with zero attached hydrogens (tertiary/aromatic N) is 1. The molecule has 0 saturated carbocycles. The van der Waals surface area contributed by atoms with E-state index < -0.39 is 5.97 Å². The summed E-state index contributed by atoms with van der Waals surface area (Å²) in [4.78, 5) is 16.8. The molecule has 0 bridgehead atoms. The summed E-state index contributed by atoms with van der Waals surface area (Å²) in [6.07, 6.45) is 0. The molecule has 120 valence electrons. The van der Waals surface area contributed by atoms with Gasteiger partial charge in [0.2, 0.25) is 0 Å². The smallest absolute Gasteiger partial charge is 0.365 e. The first-order valence-electron chi connectivity index (χ1n) is 7.16. The Morgan fingerprint density at radius 2 is 1.87 bits per heavy atom. The number of rotatable bonds is 5. The summed E-state index contributed by atoms with van der Waals surface area (Å²) < 4.78 is 5.31. The summed E-state index contributed by atoms with van der Waals surface area (Å²) in [6, 6.07) is 11.9. The van der Waals surface area contributed by atoms with Gasteiger partial charge in [-0.05, 0) is 49.7 Å². The number of hydrogen-bond donors (Lipinski definition) is 2. The lowest BCUT2D eigenvalue weighted by Gasteiger charge is -2.07. The molecule has 0 aliphatic heterocycles. The summed E-state index contributed by atoms with van der Waals surface area (Å²) >= 11 is 0. The van der Waals surface area contributed by atoms with Gasteiger partial charge in [-0.15, -0.1) is 0 Å². The summed E-state index contributed by atoms with van der Waals surface area (Å²) in [5, 5.41) is 3.69. The Labute approximate surface area is 134 Å².